The zero-order chi connectivity index (χ0) is 20.6. The van der Waals surface area contributed by atoms with E-state index in [-0.39, 0.29) is 5.56 Å². The van der Waals surface area contributed by atoms with Crippen molar-refractivity contribution >= 4 is 11.6 Å². The van der Waals surface area contributed by atoms with Crippen LogP contribution in [0.5, 0.6) is 0 Å². The van der Waals surface area contributed by atoms with Gasteiger partial charge in [0.05, 0.1) is 5.56 Å². The standard InChI is InChI=1S/C26H33ClF2/c1-2-3-4-6-19-9-11-20(12-10-19)7-5-8-21-17-24(28)26(25(29)18-21)22-13-15-23(27)16-14-22/h13-20H,2-12H2,1H3. The molecule has 0 aliphatic heterocycles. The van der Waals surface area contributed by atoms with Crippen LogP contribution in [0.3, 0.4) is 0 Å². The van der Waals surface area contributed by atoms with Crippen molar-refractivity contribution in [1.82, 2.24) is 0 Å². The minimum Gasteiger partial charge on any atom is -0.206 e. The Morgan fingerprint density at radius 2 is 1.38 bits per heavy atom. The summed E-state index contributed by atoms with van der Waals surface area (Å²) in [6.07, 6.45) is 13.8. The predicted molar refractivity (Wildman–Crippen MR) is 119 cm³/mol. The van der Waals surface area contributed by atoms with Crippen molar-refractivity contribution in [2.75, 3.05) is 0 Å². The van der Waals surface area contributed by atoms with E-state index in [1.807, 2.05) is 0 Å². The monoisotopic (exact) mass is 418 g/mol. The zero-order valence-electron chi connectivity index (χ0n) is 17.5. The maximum Gasteiger partial charge on any atom is 0.134 e. The predicted octanol–water partition coefficient (Wildman–Crippen LogP) is 8.99. The van der Waals surface area contributed by atoms with E-state index in [1.165, 1.54) is 69.9 Å². The summed E-state index contributed by atoms with van der Waals surface area (Å²) in [6, 6.07) is 9.62. The normalized spacial score (nSPS) is 19.4. The van der Waals surface area contributed by atoms with Gasteiger partial charge in [0.15, 0.2) is 0 Å². The van der Waals surface area contributed by atoms with Gasteiger partial charge >= 0.3 is 0 Å². The number of rotatable bonds is 9. The van der Waals surface area contributed by atoms with Gasteiger partial charge in [0.25, 0.3) is 0 Å². The van der Waals surface area contributed by atoms with Crippen molar-refractivity contribution in [3.63, 3.8) is 0 Å². The minimum atomic E-state index is -0.491. The average molecular weight is 419 g/mol. The molecule has 0 amide bonds. The Labute approximate surface area is 179 Å². The molecule has 0 unspecified atom stereocenters. The molecule has 0 bridgehead atoms. The van der Waals surface area contributed by atoms with Gasteiger partial charge in [0, 0.05) is 5.02 Å². The molecule has 0 N–H and O–H groups in total. The molecule has 0 saturated heterocycles. The summed E-state index contributed by atoms with van der Waals surface area (Å²) in [7, 11) is 0. The van der Waals surface area contributed by atoms with Gasteiger partial charge in [-0.15, -0.1) is 0 Å². The smallest absolute Gasteiger partial charge is 0.134 e. The summed E-state index contributed by atoms with van der Waals surface area (Å²) in [6.45, 7) is 2.26. The molecule has 1 aliphatic carbocycles. The zero-order valence-corrected chi connectivity index (χ0v) is 18.3. The summed E-state index contributed by atoms with van der Waals surface area (Å²) in [5.41, 5.74) is 1.31. The molecule has 0 spiro atoms. The van der Waals surface area contributed by atoms with Gasteiger partial charge < -0.3 is 0 Å². The molecule has 1 fully saturated rings. The van der Waals surface area contributed by atoms with Crippen molar-refractivity contribution in [3.05, 3.63) is 58.6 Å². The molecule has 1 aliphatic rings. The van der Waals surface area contributed by atoms with Gasteiger partial charge in [-0.3, -0.25) is 0 Å². The summed E-state index contributed by atoms with van der Waals surface area (Å²) in [4.78, 5) is 0. The Morgan fingerprint density at radius 1 is 0.828 bits per heavy atom. The lowest BCUT2D eigenvalue weighted by atomic mass is 9.78. The second-order valence-electron chi connectivity index (χ2n) is 8.72. The molecular formula is C26H33ClF2. The van der Waals surface area contributed by atoms with Crippen molar-refractivity contribution < 1.29 is 8.78 Å². The fourth-order valence-corrected chi connectivity index (χ4v) is 4.87. The Kier molecular flexibility index (Phi) is 8.53. The average Bonchev–Trinajstić information content (AvgIpc) is 2.70. The number of aryl methyl sites for hydroxylation is 1. The van der Waals surface area contributed by atoms with E-state index in [2.05, 4.69) is 6.92 Å². The molecule has 3 heteroatoms. The van der Waals surface area contributed by atoms with Crippen LogP contribution >= 0.6 is 11.6 Å². The van der Waals surface area contributed by atoms with Gasteiger partial charge in [-0.1, -0.05) is 88.4 Å². The first-order valence-corrected chi connectivity index (χ1v) is 11.7. The molecule has 0 radical (unpaired) electrons. The summed E-state index contributed by atoms with van der Waals surface area (Å²) in [5.74, 6) is 0.742. The van der Waals surface area contributed by atoms with Crippen LogP contribution in [0.4, 0.5) is 8.78 Å². The topological polar surface area (TPSA) is 0 Å². The quantitative estimate of drug-likeness (QED) is 0.356. The highest BCUT2D eigenvalue weighted by Crippen LogP contribution is 2.35. The van der Waals surface area contributed by atoms with Crippen LogP contribution in [0.2, 0.25) is 5.02 Å². The van der Waals surface area contributed by atoms with Crippen LogP contribution < -0.4 is 0 Å². The molecule has 2 aromatic rings. The Morgan fingerprint density at radius 3 is 1.93 bits per heavy atom. The fraction of sp³-hybridized carbons (Fsp3) is 0.538. The van der Waals surface area contributed by atoms with E-state index in [1.54, 1.807) is 24.3 Å². The van der Waals surface area contributed by atoms with E-state index in [9.17, 15) is 8.78 Å². The molecule has 29 heavy (non-hydrogen) atoms. The van der Waals surface area contributed by atoms with Gasteiger partial charge in [-0.05, 0) is 60.1 Å². The highest BCUT2D eigenvalue weighted by Gasteiger charge is 2.20. The second kappa shape index (κ2) is 11.1. The first kappa shape index (κ1) is 22.3. The molecule has 1 saturated carbocycles. The number of halogens is 3. The summed E-state index contributed by atoms with van der Waals surface area (Å²) < 4.78 is 29.2. The molecule has 158 valence electrons. The van der Waals surface area contributed by atoms with Crippen LogP contribution in [0.1, 0.15) is 76.7 Å². The molecule has 2 aromatic carbocycles. The molecule has 0 aromatic heterocycles. The van der Waals surface area contributed by atoms with Gasteiger partial charge in [-0.25, -0.2) is 8.78 Å². The first-order chi connectivity index (χ1) is 14.1. The Bertz CT molecular complexity index is 738. The lowest BCUT2D eigenvalue weighted by Crippen LogP contribution is -2.14. The molecule has 0 heterocycles. The first-order valence-electron chi connectivity index (χ1n) is 11.3. The maximum absolute atomic E-state index is 14.6. The number of benzene rings is 2. The van der Waals surface area contributed by atoms with Crippen molar-refractivity contribution in [1.29, 1.82) is 0 Å². The number of hydrogen-bond acceptors (Lipinski definition) is 0. The summed E-state index contributed by atoms with van der Waals surface area (Å²) >= 11 is 5.87. The van der Waals surface area contributed by atoms with Crippen LogP contribution in [-0.2, 0) is 6.42 Å². The van der Waals surface area contributed by atoms with E-state index in [0.29, 0.717) is 10.6 Å². The highest BCUT2D eigenvalue weighted by molar-refractivity contribution is 6.30. The van der Waals surface area contributed by atoms with Gasteiger partial charge in [-0.2, -0.15) is 0 Å². The number of unbranched alkanes of at least 4 members (excludes halogenated alkanes) is 2. The maximum atomic E-state index is 14.6. The third kappa shape index (κ3) is 6.54. The molecular weight excluding hydrogens is 386 g/mol. The minimum absolute atomic E-state index is 0.0341. The van der Waals surface area contributed by atoms with E-state index in [0.717, 1.165) is 30.2 Å². The van der Waals surface area contributed by atoms with Gasteiger partial charge in [0.1, 0.15) is 11.6 Å². The Hall–Kier alpha value is -1.41. The van der Waals surface area contributed by atoms with Crippen LogP contribution in [0.25, 0.3) is 11.1 Å². The van der Waals surface area contributed by atoms with Crippen LogP contribution in [-0.4, -0.2) is 0 Å². The van der Waals surface area contributed by atoms with Crippen molar-refractivity contribution in [2.45, 2.75) is 77.6 Å². The second-order valence-corrected chi connectivity index (χ2v) is 9.15. The van der Waals surface area contributed by atoms with Gasteiger partial charge in [0.2, 0.25) is 0 Å². The molecule has 0 atom stereocenters. The molecule has 3 rings (SSSR count). The van der Waals surface area contributed by atoms with Crippen LogP contribution in [0, 0.1) is 23.5 Å². The van der Waals surface area contributed by atoms with Crippen molar-refractivity contribution in [3.8, 4) is 11.1 Å². The highest BCUT2D eigenvalue weighted by atomic mass is 35.5. The molecule has 0 nitrogen and oxygen atoms in total. The summed E-state index contributed by atoms with van der Waals surface area (Å²) in [5, 5.41) is 0.557. The SMILES string of the molecule is CCCCCC1CCC(CCCc2cc(F)c(-c3ccc(Cl)cc3)c(F)c2)CC1. The third-order valence-corrected chi connectivity index (χ3v) is 6.75. The lowest BCUT2D eigenvalue weighted by Gasteiger charge is -2.28. The Balaban J connectivity index is 1.47. The van der Waals surface area contributed by atoms with E-state index in [4.69, 9.17) is 11.6 Å². The third-order valence-electron chi connectivity index (χ3n) is 6.49. The lowest BCUT2D eigenvalue weighted by molar-refractivity contribution is 0.246. The van der Waals surface area contributed by atoms with Crippen LogP contribution in [0.15, 0.2) is 36.4 Å². The fourth-order valence-electron chi connectivity index (χ4n) is 4.75. The van der Waals surface area contributed by atoms with E-state index < -0.39 is 11.6 Å². The van der Waals surface area contributed by atoms with E-state index >= 15 is 0 Å². The van der Waals surface area contributed by atoms with Crippen molar-refractivity contribution in [2.24, 2.45) is 11.8 Å². The number of hydrogen-bond donors (Lipinski definition) is 0. The largest absolute Gasteiger partial charge is 0.206 e.